The molecule has 8 rings (SSSR count). The van der Waals surface area contributed by atoms with E-state index in [0.717, 1.165) is 55.6 Å². The normalized spacial score (nSPS) is 17.3. The number of nitrogens with one attached hydrogen (secondary N) is 1. The lowest BCUT2D eigenvalue weighted by Crippen LogP contribution is -2.48. The smallest absolute Gasteiger partial charge is 0.335 e. The summed E-state index contributed by atoms with van der Waals surface area (Å²) in [5.41, 5.74) is 6.36. The van der Waals surface area contributed by atoms with Crippen molar-refractivity contribution in [1.29, 1.82) is 0 Å². The Bertz CT molecular complexity index is 2180. The maximum absolute atomic E-state index is 12.9. The molecular formula is C42H42N4O3. The molecule has 5 aromatic carbocycles. The van der Waals surface area contributed by atoms with Crippen molar-refractivity contribution >= 4 is 50.1 Å². The first kappa shape index (κ1) is 32.3. The van der Waals surface area contributed by atoms with Crippen molar-refractivity contribution in [2.45, 2.75) is 32.6 Å². The van der Waals surface area contributed by atoms with E-state index in [-0.39, 0.29) is 11.4 Å². The van der Waals surface area contributed by atoms with Gasteiger partial charge < -0.3 is 20.2 Å². The molecule has 6 aromatic rings. The minimum Gasteiger partial charge on any atom is -0.478 e. The number of amides is 2. The largest absolute Gasteiger partial charge is 0.478 e. The van der Waals surface area contributed by atoms with Crippen molar-refractivity contribution in [1.82, 2.24) is 14.8 Å². The molecule has 0 saturated carbocycles. The van der Waals surface area contributed by atoms with Crippen LogP contribution in [0.5, 0.6) is 0 Å². The van der Waals surface area contributed by atoms with Crippen LogP contribution in [-0.4, -0.2) is 65.1 Å². The first-order chi connectivity index (χ1) is 23.7. The van der Waals surface area contributed by atoms with Gasteiger partial charge in [0.15, 0.2) is 0 Å². The molecule has 248 valence electrons. The number of fused-ring (bicyclic) bond motifs is 6. The molecule has 1 saturated heterocycles. The summed E-state index contributed by atoms with van der Waals surface area (Å²) in [7, 11) is 2.10. The van der Waals surface area contributed by atoms with Gasteiger partial charge in [0.25, 0.3) is 0 Å². The van der Waals surface area contributed by atoms with Gasteiger partial charge in [-0.1, -0.05) is 80.6 Å². The van der Waals surface area contributed by atoms with Crippen molar-refractivity contribution in [3.05, 3.63) is 132 Å². The summed E-state index contributed by atoms with van der Waals surface area (Å²) in [5.74, 6) is -0.519. The molecule has 0 radical (unpaired) electrons. The Balaban J connectivity index is 0.000000244. The maximum Gasteiger partial charge on any atom is 0.335 e. The lowest BCUT2D eigenvalue weighted by molar-refractivity contribution is 0.0697. The topological polar surface area (TPSA) is 85.8 Å². The molecular weight excluding hydrogens is 608 g/mol. The first-order valence-corrected chi connectivity index (χ1v) is 17.0. The zero-order chi connectivity index (χ0) is 34.1. The third-order valence-corrected chi connectivity index (χ3v) is 10.3. The van der Waals surface area contributed by atoms with Gasteiger partial charge in [-0.05, 0) is 106 Å². The van der Waals surface area contributed by atoms with Crippen molar-refractivity contribution in [2.75, 3.05) is 38.5 Å². The number of benzene rings is 5. The van der Waals surface area contributed by atoms with E-state index >= 15 is 0 Å². The number of pyridine rings is 1. The SMILES string of the molecule is CN1CCN(C(=O)Nc2cccc(C3Cc4ccc5c(ccc6ccccc65)c4CC3(C)C)c2)CC1.O=C(O)c1ccc2ncccc2c1. The number of anilines is 1. The van der Waals surface area contributed by atoms with E-state index in [1.807, 2.05) is 17.0 Å². The minimum absolute atomic E-state index is 0.00666. The number of hydrogen-bond acceptors (Lipinski definition) is 4. The summed E-state index contributed by atoms with van der Waals surface area (Å²) in [4.78, 5) is 31.8. The molecule has 7 heteroatoms. The van der Waals surface area contributed by atoms with Crippen LogP contribution in [0.1, 0.15) is 46.8 Å². The number of carbonyl (C=O) groups excluding carboxylic acids is 1. The number of urea groups is 1. The number of nitrogens with zero attached hydrogens (tertiary/aromatic N) is 3. The standard InChI is InChI=1S/C32H35N3O.C10H7NO2/c1-32(2)21-29-23(12-14-27-26-10-5-4-7-22(26)11-13-28(27)29)20-30(32)24-8-6-9-25(19-24)33-31(36)35-17-15-34(3)16-18-35;12-10(13)8-3-4-9-7(6-8)2-1-5-11-9/h4-14,19,30H,15-18,20-21H2,1-3H3,(H,33,36);1-6H,(H,12,13). The third-order valence-electron chi connectivity index (χ3n) is 10.3. The number of likely N-dealkylation sites (N-methyl/N-ethyl adjacent to an activating group) is 1. The molecule has 2 amide bonds. The van der Waals surface area contributed by atoms with E-state index in [1.54, 1.807) is 30.5 Å². The Kier molecular flexibility index (Phi) is 8.78. The average molecular weight is 651 g/mol. The fraction of sp³-hybridized carbons (Fsp3) is 0.262. The number of aromatic carboxylic acids is 1. The van der Waals surface area contributed by atoms with Crippen molar-refractivity contribution in [3.8, 4) is 0 Å². The lowest BCUT2D eigenvalue weighted by Gasteiger charge is -2.41. The summed E-state index contributed by atoms with van der Waals surface area (Å²) in [6.45, 7) is 8.20. The highest BCUT2D eigenvalue weighted by molar-refractivity contribution is 6.08. The monoisotopic (exact) mass is 650 g/mol. The van der Waals surface area contributed by atoms with Gasteiger partial charge >= 0.3 is 12.0 Å². The van der Waals surface area contributed by atoms with Gasteiger partial charge in [-0.3, -0.25) is 4.98 Å². The fourth-order valence-electron chi connectivity index (χ4n) is 7.49. The summed E-state index contributed by atoms with van der Waals surface area (Å²) in [6.07, 6.45) is 3.74. The average Bonchev–Trinajstić information content (AvgIpc) is 3.11. The summed E-state index contributed by atoms with van der Waals surface area (Å²) < 4.78 is 0. The van der Waals surface area contributed by atoms with E-state index in [2.05, 4.69) is 103 Å². The molecule has 1 aliphatic heterocycles. The number of carbonyl (C=O) groups is 2. The highest BCUT2D eigenvalue weighted by Gasteiger charge is 2.37. The Morgan fingerprint density at radius 1 is 0.796 bits per heavy atom. The Morgan fingerprint density at radius 2 is 1.57 bits per heavy atom. The lowest BCUT2D eigenvalue weighted by atomic mass is 9.63. The second kappa shape index (κ2) is 13.3. The van der Waals surface area contributed by atoms with Gasteiger partial charge in [-0.15, -0.1) is 0 Å². The van der Waals surface area contributed by atoms with E-state index in [9.17, 15) is 9.59 Å². The Labute approximate surface area is 287 Å². The predicted molar refractivity (Wildman–Crippen MR) is 199 cm³/mol. The van der Waals surface area contributed by atoms with Crippen LogP contribution in [0.2, 0.25) is 0 Å². The van der Waals surface area contributed by atoms with Crippen LogP contribution in [0.4, 0.5) is 10.5 Å². The number of carboxylic acid groups (broad SMARTS) is 1. The summed E-state index contributed by atoms with van der Waals surface area (Å²) in [6, 6.07) is 35.0. The van der Waals surface area contributed by atoms with Gasteiger partial charge in [-0.2, -0.15) is 0 Å². The first-order valence-electron chi connectivity index (χ1n) is 17.0. The molecule has 2 N–H and O–H groups in total. The molecule has 1 aliphatic carbocycles. The van der Waals surface area contributed by atoms with Crippen LogP contribution in [0.25, 0.3) is 32.4 Å². The van der Waals surface area contributed by atoms with Crippen molar-refractivity contribution < 1.29 is 14.7 Å². The molecule has 2 aliphatic rings. The number of hydrogen-bond donors (Lipinski definition) is 2. The Hall–Kier alpha value is -5.27. The van der Waals surface area contributed by atoms with E-state index < -0.39 is 5.97 Å². The zero-order valence-electron chi connectivity index (χ0n) is 28.3. The predicted octanol–water partition coefficient (Wildman–Crippen LogP) is 8.61. The van der Waals surface area contributed by atoms with Crippen LogP contribution in [0.3, 0.4) is 0 Å². The number of rotatable bonds is 3. The molecule has 0 bridgehead atoms. The van der Waals surface area contributed by atoms with Crippen LogP contribution >= 0.6 is 0 Å². The number of aromatic nitrogens is 1. The Morgan fingerprint density at radius 3 is 2.39 bits per heavy atom. The molecule has 2 heterocycles. The van der Waals surface area contributed by atoms with Crippen LogP contribution in [-0.2, 0) is 12.8 Å². The molecule has 1 unspecified atom stereocenters. The molecule has 49 heavy (non-hydrogen) atoms. The quantitative estimate of drug-likeness (QED) is 0.187. The van der Waals surface area contributed by atoms with Crippen molar-refractivity contribution in [2.24, 2.45) is 5.41 Å². The van der Waals surface area contributed by atoms with Gasteiger partial charge in [0.1, 0.15) is 0 Å². The second-order valence-electron chi connectivity index (χ2n) is 14.1. The molecule has 1 fully saturated rings. The number of carboxylic acids is 1. The molecule has 0 spiro atoms. The van der Waals surface area contributed by atoms with Gasteiger partial charge in [0.05, 0.1) is 11.1 Å². The third kappa shape index (κ3) is 6.72. The minimum atomic E-state index is -0.911. The van der Waals surface area contributed by atoms with Crippen LogP contribution < -0.4 is 5.32 Å². The summed E-state index contributed by atoms with van der Waals surface area (Å²) in [5, 5.41) is 18.1. The summed E-state index contributed by atoms with van der Waals surface area (Å²) >= 11 is 0. The fourth-order valence-corrected chi connectivity index (χ4v) is 7.49. The molecule has 1 atom stereocenters. The van der Waals surface area contributed by atoms with Crippen molar-refractivity contribution in [3.63, 3.8) is 0 Å². The zero-order valence-corrected chi connectivity index (χ0v) is 28.3. The molecule has 1 aromatic heterocycles. The maximum atomic E-state index is 12.9. The van der Waals surface area contributed by atoms with Gasteiger partial charge in [-0.25, -0.2) is 9.59 Å². The highest BCUT2D eigenvalue weighted by atomic mass is 16.4. The van der Waals surface area contributed by atoms with Gasteiger partial charge in [0.2, 0.25) is 0 Å². The highest BCUT2D eigenvalue weighted by Crippen LogP contribution is 2.48. The van der Waals surface area contributed by atoms with E-state index in [4.69, 9.17) is 5.11 Å². The van der Waals surface area contributed by atoms with E-state index in [1.165, 1.54) is 38.2 Å². The van der Waals surface area contributed by atoms with Crippen LogP contribution in [0, 0.1) is 5.41 Å². The second-order valence-corrected chi connectivity index (χ2v) is 14.1. The van der Waals surface area contributed by atoms with Gasteiger partial charge in [0, 0.05) is 43.4 Å². The van der Waals surface area contributed by atoms with E-state index in [0.29, 0.717) is 11.5 Å². The molecule has 7 nitrogen and oxygen atoms in total. The van der Waals surface area contributed by atoms with Crippen LogP contribution in [0.15, 0.2) is 109 Å². The number of piperazine rings is 1.